The summed E-state index contributed by atoms with van der Waals surface area (Å²) >= 11 is 0. The van der Waals surface area contributed by atoms with Crippen LogP contribution in [0.3, 0.4) is 0 Å². The second-order valence-electron chi connectivity index (χ2n) is 8.43. The van der Waals surface area contributed by atoms with Gasteiger partial charge in [-0.05, 0) is 37.6 Å². The number of para-hydroxylation sites is 1. The topological polar surface area (TPSA) is 152 Å². The SMILES string of the molecule is COc1cncc(-c2nnc(NS(=O)(=O)C(C)C(OC)c3ncc(C)cn3)n2-c2c(OC)cccc2OC)c1. The van der Waals surface area contributed by atoms with E-state index in [4.69, 9.17) is 18.9 Å². The van der Waals surface area contributed by atoms with Crippen molar-refractivity contribution in [2.24, 2.45) is 0 Å². The molecule has 0 saturated carbocycles. The van der Waals surface area contributed by atoms with Crippen LogP contribution in [0.1, 0.15) is 24.4 Å². The summed E-state index contributed by atoms with van der Waals surface area (Å²) in [5.41, 5.74) is 1.72. The van der Waals surface area contributed by atoms with E-state index in [1.807, 2.05) is 6.92 Å². The van der Waals surface area contributed by atoms with Gasteiger partial charge in [0, 0.05) is 31.3 Å². The zero-order valence-electron chi connectivity index (χ0n) is 22.3. The second kappa shape index (κ2) is 11.6. The Kier molecular flexibility index (Phi) is 8.26. The summed E-state index contributed by atoms with van der Waals surface area (Å²) in [4.78, 5) is 12.7. The summed E-state index contributed by atoms with van der Waals surface area (Å²) < 4.78 is 53.4. The minimum Gasteiger partial charge on any atom is -0.495 e. The monoisotopic (exact) mass is 555 g/mol. The fourth-order valence-electron chi connectivity index (χ4n) is 3.89. The summed E-state index contributed by atoms with van der Waals surface area (Å²) in [5.74, 6) is 1.65. The first kappa shape index (κ1) is 27.7. The lowest BCUT2D eigenvalue weighted by atomic mass is 10.2. The molecule has 3 aromatic heterocycles. The number of nitrogens with zero attached hydrogens (tertiary/aromatic N) is 6. The van der Waals surface area contributed by atoms with Crippen molar-refractivity contribution in [2.75, 3.05) is 33.2 Å². The normalized spacial score (nSPS) is 13.0. The Bertz CT molecular complexity index is 1520. The van der Waals surface area contributed by atoms with Crippen molar-refractivity contribution in [3.63, 3.8) is 0 Å². The standard InChI is InChI=1S/C25H29N7O6S/c1-15-11-27-23(28-12-15)22(38-6)16(2)39(33,34)31-25-30-29-24(17-10-18(35-3)14-26-13-17)32(25)21-19(36-4)8-7-9-20(21)37-5/h7-14,16,22H,1-6H3,(H,30,31). The molecular weight excluding hydrogens is 526 g/mol. The van der Waals surface area contributed by atoms with E-state index >= 15 is 0 Å². The van der Waals surface area contributed by atoms with Crippen LogP contribution < -0.4 is 18.9 Å². The van der Waals surface area contributed by atoms with E-state index in [-0.39, 0.29) is 17.6 Å². The molecule has 0 aliphatic carbocycles. The molecule has 0 radical (unpaired) electrons. The lowest BCUT2D eigenvalue weighted by Crippen LogP contribution is -2.33. The van der Waals surface area contributed by atoms with Crippen molar-refractivity contribution in [3.05, 3.63) is 60.4 Å². The average Bonchev–Trinajstić information content (AvgIpc) is 3.35. The molecule has 1 aromatic carbocycles. The Hall–Kier alpha value is -4.30. The fourth-order valence-corrected chi connectivity index (χ4v) is 5.02. The molecule has 13 nitrogen and oxygen atoms in total. The van der Waals surface area contributed by atoms with Gasteiger partial charge in [0.25, 0.3) is 0 Å². The van der Waals surface area contributed by atoms with Crippen LogP contribution in [0.15, 0.2) is 49.1 Å². The van der Waals surface area contributed by atoms with Crippen LogP contribution in [0.2, 0.25) is 0 Å². The predicted molar refractivity (Wildman–Crippen MR) is 143 cm³/mol. The summed E-state index contributed by atoms with van der Waals surface area (Å²) in [6, 6.07) is 6.87. The van der Waals surface area contributed by atoms with E-state index in [0.29, 0.717) is 28.5 Å². The van der Waals surface area contributed by atoms with Crippen LogP contribution in [-0.2, 0) is 14.8 Å². The third-order valence-corrected chi connectivity index (χ3v) is 7.65. The number of anilines is 1. The number of hydrogen-bond donors (Lipinski definition) is 1. The molecule has 0 saturated heterocycles. The van der Waals surface area contributed by atoms with Crippen molar-refractivity contribution < 1.29 is 27.4 Å². The maximum absolute atomic E-state index is 13.7. The van der Waals surface area contributed by atoms with E-state index < -0.39 is 21.4 Å². The number of rotatable bonds is 11. The largest absolute Gasteiger partial charge is 0.495 e. The number of aryl methyl sites for hydroxylation is 1. The van der Waals surface area contributed by atoms with Gasteiger partial charge in [-0.3, -0.25) is 14.3 Å². The minimum absolute atomic E-state index is 0.109. The summed E-state index contributed by atoms with van der Waals surface area (Å²) in [6.07, 6.45) is 5.33. The van der Waals surface area contributed by atoms with Crippen LogP contribution in [-0.4, -0.2) is 71.8 Å². The molecular formula is C25H29N7O6S. The molecule has 3 heterocycles. The van der Waals surface area contributed by atoms with Crippen molar-refractivity contribution in [2.45, 2.75) is 25.2 Å². The first-order valence-electron chi connectivity index (χ1n) is 11.7. The zero-order chi connectivity index (χ0) is 28.2. The molecule has 4 rings (SSSR count). The lowest BCUT2D eigenvalue weighted by molar-refractivity contribution is 0.0949. The number of hydrogen-bond acceptors (Lipinski definition) is 11. The van der Waals surface area contributed by atoms with Gasteiger partial charge in [-0.25, -0.2) is 18.4 Å². The highest BCUT2D eigenvalue weighted by atomic mass is 32.2. The van der Waals surface area contributed by atoms with Gasteiger partial charge in [-0.2, -0.15) is 0 Å². The van der Waals surface area contributed by atoms with E-state index in [2.05, 4.69) is 29.9 Å². The highest BCUT2D eigenvalue weighted by Crippen LogP contribution is 2.38. The Balaban J connectivity index is 1.85. The molecule has 0 aliphatic rings. The van der Waals surface area contributed by atoms with Crippen LogP contribution >= 0.6 is 0 Å². The minimum atomic E-state index is -4.13. The zero-order valence-corrected chi connectivity index (χ0v) is 23.1. The van der Waals surface area contributed by atoms with Crippen molar-refractivity contribution in [1.29, 1.82) is 0 Å². The Morgan fingerprint density at radius 2 is 1.59 bits per heavy atom. The summed E-state index contributed by atoms with van der Waals surface area (Å²) in [6.45, 7) is 3.33. The summed E-state index contributed by atoms with van der Waals surface area (Å²) in [5, 5.41) is 7.36. The number of methoxy groups -OCH3 is 4. The predicted octanol–water partition coefficient (Wildman–Crippen LogP) is 2.97. The Labute approximate surface area is 226 Å². The van der Waals surface area contributed by atoms with Crippen LogP contribution in [0.5, 0.6) is 17.2 Å². The van der Waals surface area contributed by atoms with Gasteiger partial charge in [0.05, 0.1) is 27.5 Å². The van der Waals surface area contributed by atoms with E-state index in [9.17, 15) is 8.42 Å². The Morgan fingerprint density at radius 1 is 0.923 bits per heavy atom. The van der Waals surface area contributed by atoms with E-state index in [1.165, 1.54) is 46.1 Å². The third kappa shape index (κ3) is 5.61. The average molecular weight is 556 g/mol. The summed E-state index contributed by atoms with van der Waals surface area (Å²) in [7, 11) is 1.76. The molecule has 14 heteroatoms. The lowest BCUT2D eigenvalue weighted by Gasteiger charge is -2.23. The molecule has 4 aromatic rings. The molecule has 0 bridgehead atoms. The fraction of sp³-hybridized carbons (Fsp3) is 0.320. The van der Waals surface area contributed by atoms with Crippen molar-refractivity contribution in [1.82, 2.24) is 29.7 Å². The molecule has 0 fully saturated rings. The van der Waals surface area contributed by atoms with Crippen molar-refractivity contribution >= 4 is 16.0 Å². The number of nitrogens with one attached hydrogen (secondary N) is 1. The molecule has 2 unspecified atom stereocenters. The number of aromatic nitrogens is 6. The van der Waals surface area contributed by atoms with Crippen LogP contribution in [0.4, 0.5) is 5.95 Å². The van der Waals surface area contributed by atoms with Gasteiger partial charge in [-0.15, -0.1) is 10.2 Å². The number of sulfonamides is 1. The van der Waals surface area contributed by atoms with Crippen LogP contribution in [0, 0.1) is 6.92 Å². The molecule has 1 N–H and O–H groups in total. The highest BCUT2D eigenvalue weighted by Gasteiger charge is 2.35. The maximum Gasteiger partial charge on any atom is 0.243 e. The van der Waals surface area contributed by atoms with Gasteiger partial charge in [0.1, 0.15) is 34.3 Å². The first-order valence-corrected chi connectivity index (χ1v) is 13.3. The van der Waals surface area contributed by atoms with Gasteiger partial charge in [0.15, 0.2) is 11.6 Å². The molecule has 39 heavy (non-hydrogen) atoms. The third-order valence-electron chi connectivity index (χ3n) is 5.95. The van der Waals surface area contributed by atoms with Crippen molar-refractivity contribution in [3.8, 4) is 34.3 Å². The first-order chi connectivity index (χ1) is 18.7. The quantitative estimate of drug-likeness (QED) is 0.291. The molecule has 2 atom stereocenters. The Morgan fingerprint density at radius 3 is 2.18 bits per heavy atom. The van der Waals surface area contributed by atoms with E-state index in [1.54, 1.807) is 42.9 Å². The molecule has 0 spiro atoms. The maximum atomic E-state index is 13.7. The number of pyridine rings is 1. The number of ether oxygens (including phenoxy) is 4. The van der Waals surface area contributed by atoms with Gasteiger partial charge in [-0.1, -0.05) is 6.07 Å². The van der Waals surface area contributed by atoms with E-state index in [0.717, 1.165) is 5.56 Å². The molecule has 206 valence electrons. The second-order valence-corrected chi connectivity index (χ2v) is 10.5. The van der Waals surface area contributed by atoms with Crippen LogP contribution in [0.25, 0.3) is 17.1 Å². The molecule has 0 amide bonds. The van der Waals surface area contributed by atoms with Gasteiger partial charge < -0.3 is 18.9 Å². The van der Waals surface area contributed by atoms with Gasteiger partial charge in [0.2, 0.25) is 16.0 Å². The smallest absolute Gasteiger partial charge is 0.243 e. The molecule has 0 aliphatic heterocycles. The number of benzene rings is 1. The highest BCUT2D eigenvalue weighted by molar-refractivity contribution is 7.93. The van der Waals surface area contributed by atoms with Gasteiger partial charge >= 0.3 is 0 Å².